The summed E-state index contributed by atoms with van der Waals surface area (Å²) in [4.78, 5) is 33.6. The number of esters is 1. The second kappa shape index (κ2) is 6.25. The van der Waals surface area contributed by atoms with Gasteiger partial charge in [-0.05, 0) is 13.2 Å². The summed E-state index contributed by atoms with van der Waals surface area (Å²) in [6, 6.07) is 9.03. The van der Waals surface area contributed by atoms with Gasteiger partial charge in [0.1, 0.15) is 0 Å². The van der Waals surface area contributed by atoms with Gasteiger partial charge >= 0.3 is 5.97 Å². The number of carbonyl (C=O) groups excluding carboxylic acids is 1. The molecule has 0 aliphatic carbocycles. The molecule has 0 saturated carbocycles. The van der Waals surface area contributed by atoms with Crippen LogP contribution in [-0.4, -0.2) is 38.4 Å². The molecule has 0 fully saturated rings. The van der Waals surface area contributed by atoms with Gasteiger partial charge in [-0.1, -0.05) is 42.1 Å². The molecular formula is C15H14N4O3S. The maximum absolute atomic E-state index is 12.7. The van der Waals surface area contributed by atoms with Gasteiger partial charge in [0.2, 0.25) is 0 Å². The minimum atomic E-state index is -0.696. The normalized spacial score (nSPS) is 10.9. The van der Waals surface area contributed by atoms with E-state index in [0.717, 1.165) is 4.52 Å². The third-order valence-electron chi connectivity index (χ3n) is 3.19. The molecule has 0 amide bonds. The van der Waals surface area contributed by atoms with E-state index >= 15 is 0 Å². The van der Waals surface area contributed by atoms with Gasteiger partial charge in [-0.3, -0.25) is 9.89 Å². The van der Waals surface area contributed by atoms with Gasteiger partial charge in [-0.25, -0.2) is 9.78 Å². The SMILES string of the molecule is CCOC(=O)c1c(-c2ccccc2)nc2nc(SC)[nH]n2c1=O. The Morgan fingerprint density at radius 2 is 2.04 bits per heavy atom. The molecule has 23 heavy (non-hydrogen) atoms. The lowest BCUT2D eigenvalue weighted by Crippen LogP contribution is -2.26. The van der Waals surface area contributed by atoms with Crippen molar-refractivity contribution < 1.29 is 9.53 Å². The number of nitrogens with zero attached hydrogens (tertiary/aromatic N) is 3. The highest BCUT2D eigenvalue weighted by Gasteiger charge is 2.23. The van der Waals surface area contributed by atoms with Crippen LogP contribution >= 0.6 is 11.8 Å². The second-order valence-corrected chi connectivity index (χ2v) is 5.39. The van der Waals surface area contributed by atoms with Crippen LogP contribution in [0.1, 0.15) is 17.3 Å². The van der Waals surface area contributed by atoms with E-state index in [9.17, 15) is 9.59 Å². The Kier molecular flexibility index (Phi) is 4.16. The molecule has 0 aliphatic rings. The Morgan fingerprint density at radius 1 is 1.30 bits per heavy atom. The molecule has 0 bridgehead atoms. The average Bonchev–Trinajstić information content (AvgIpc) is 2.99. The van der Waals surface area contributed by atoms with Crippen molar-refractivity contribution in [2.24, 2.45) is 0 Å². The highest BCUT2D eigenvalue weighted by molar-refractivity contribution is 7.98. The average molecular weight is 330 g/mol. The Bertz CT molecular complexity index is 918. The molecule has 0 radical (unpaired) electrons. The number of carbonyl (C=O) groups is 1. The maximum Gasteiger partial charge on any atom is 0.346 e. The molecule has 0 spiro atoms. The van der Waals surface area contributed by atoms with Gasteiger partial charge in [0.05, 0.1) is 12.3 Å². The van der Waals surface area contributed by atoms with Crippen molar-refractivity contribution in [3.8, 4) is 11.3 Å². The van der Waals surface area contributed by atoms with E-state index in [-0.39, 0.29) is 23.6 Å². The summed E-state index contributed by atoms with van der Waals surface area (Å²) in [6.45, 7) is 1.86. The van der Waals surface area contributed by atoms with Crippen LogP contribution in [0, 0.1) is 0 Å². The number of aromatic nitrogens is 4. The number of H-pyrrole nitrogens is 1. The summed E-state index contributed by atoms with van der Waals surface area (Å²) >= 11 is 1.35. The summed E-state index contributed by atoms with van der Waals surface area (Å²) in [5.74, 6) is -0.482. The maximum atomic E-state index is 12.7. The fourth-order valence-corrected chi connectivity index (χ4v) is 2.54. The molecule has 1 N–H and O–H groups in total. The van der Waals surface area contributed by atoms with Gasteiger partial charge in [0, 0.05) is 5.56 Å². The minimum Gasteiger partial charge on any atom is -0.462 e. The second-order valence-electron chi connectivity index (χ2n) is 4.60. The van der Waals surface area contributed by atoms with Crippen molar-refractivity contribution in [3.05, 3.63) is 46.2 Å². The van der Waals surface area contributed by atoms with Crippen LogP contribution in [0.3, 0.4) is 0 Å². The molecule has 3 rings (SSSR count). The molecule has 1 aromatic carbocycles. The molecule has 0 unspecified atom stereocenters. The fraction of sp³-hybridized carbons (Fsp3) is 0.200. The molecule has 2 aromatic heterocycles. The topological polar surface area (TPSA) is 89.3 Å². The molecular weight excluding hydrogens is 316 g/mol. The lowest BCUT2D eigenvalue weighted by molar-refractivity contribution is 0.0524. The molecule has 8 heteroatoms. The number of nitrogens with one attached hydrogen (secondary N) is 1. The van der Waals surface area contributed by atoms with Crippen LogP contribution in [0.5, 0.6) is 0 Å². The summed E-state index contributed by atoms with van der Waals surface area (Å²) in [5, 5.41) is 3.35. The van der Waals surface area contributed by atoms with Crippen molar-refractivity contribution in [2.45, 2.75) is 12.1 Å². The minimum absolute atomic E-state index is 0.105. The number of fused-ring (bicyclic) bond motifs is 1. The van der Waals surface area contributed by atoms with Crippen molar-refractivity contribution in [2.75, 3.05) is 12.9 Å². The van der Waals surface area contributed by atoms with E-state index in [4.69, 9.17) is 4.74 Å². The number of ether oxygens (including phenoxy) is 1. The van der Waals surface area contributed by atoms with Crippen LogP contribution in [0.25, 0.3) is 17.0 Å². The Hall–Kier alpha value is -2.61. The van der Waals surface area contributed by atoms with Crippen molar-refractivity contribution in [1.82, 2.24) is 19.6 Å². The highest BCUT2D eigenvalue weighted by Crippen LogP contribution is 2.21. The van der Waals surface area contributed by atoms with Gasteiger partial charge in [0.15, 0.2) is 10.7 Å². The smallest absolute Gasteiger partial charge is 0.346 e. The van der Waals surface area contributed by atoms with E-state index in [1.54, 1.807) is 19.1 Å². The monoisotopic (exact) mass is 330 g/mol. The fourth-order valence-electron chi connectivity index (χ4n) is 2.18. The number of benzene rings is 1. The van der Waals surface area contributed by atoms with Crippen LogP contribution < -0.4 is 5.56 Å². The van der Waals surface area contributed by atoms with Crippen molar-refractivity contribution in [1.29, 1.82) is 0 Å². The zero-order valence-corrected chi connectivity index (χ0v) is 13.4. The lowest BCUT2D eigenvalue weighted by atomic mass is 10.1. The number of hydrogen-bond acceptors (Lipinski definition) is 6. The van der Waals surface area contributed by atoms with Crippen molar-refractivity contribution >= 4 is 23.5 Å². The Morgan fingerprint density at radius 3 is 2.70 bits per heavy atom. The number of hydrogen-bond donors (Lipinski definition) is 1. The largest absolute Gasteiger partial charge is 0.462 e. The van der Waals surface area contributed by atoms with Gasteiger partial charge in [-0.15, -0.1) is 0 Å². The first kappa shape index (κ1) is 15.3. The third kappa shape index (κ3) is 2.72. The number of thioether (sulfide) groups is 1. The summed E-state index contributed by atoms with van der Waals surface area (Å²) in [6.07, 6.45) is 1.83. The van der Waals surface area contributed by atoms with Gasteiger partial charge in [-0.2, -0.15) is 9.50 Å². The molecule has 118 valence electrons. The van der Waals surface area contributed by atoms with E-state index in [0.29, 0.717) is 10.7 Å². The molecule has 0 aliphatic heterocycles. The quantitative estimate of drug-likeness (QED) is 0.581. The first-order valence-corrected chi connectivity index (χ1v) is 8.17. The van der Waals surface area contributed by atoms with Crippen LogP contribution in [0.4, 0.5) is 0 Å². The zero-order valence-electron chi connectivity index (χ0n) is 12.6. The highest BCUT2D eigenvalue weighted by atomic mass is 32.2. The first-order valence-electron chi connectivity index (χ1n) is 6.95. The summed E-state index contributed by atoms with van der Waals surface area (Å²) < 4.78 is 6.18. The van der Waals surface area contributed by atoms with Crippen LogP contribution in [0.15, 0.2) is 40.3 Å². The number of rotatable bonds is 4. The standard InChI is InChI=1S/C15H14N4O3S/c1-3-22-13(21)10-11(9-7-5-4-6-8-9)16-14-17-15(23-2)18-19(14)12(10)20/h4-8H,3H2,1-2H3,(H,16,17,18). The van der Waals surface area contributed by atoms with Gasteiger partial charge in [0.25, 0.3) is 11.3 Å². The Labute approximate surface area is 135 Å². The van der Waals surface area contributed by atoms with E-state index in [1.807, 2.05) is 24.5 Å². The molecule has 0 saturated heterocycles. The zero-order chi connectivity index (χ0) is 16.4. The van der Waals surface area contributed by atoms with Gasteiger partial charge < -0.3 is 4.74 Å². The van der Waals surface area contributed by atoms with Crippen LogP contribution in [-0.2, 0) is 4.74 Å². The summed E-state index contributed by atoms with van der Waals surface area (Å²) in [5.41, 5.74) is 0.295. The summed E-state index contributed by atoms with van der Waals surface area (Å²) in [7, 11) is 0. The van der Waals surface area contributed by atoms with Crippen molar-refractivity contribution in [3.63, 3.8) is 0 Å². The molecule has 3 aromatic rings. The Balaban J connectivity index is 2.33. The number of aromatic amines is 1. The first-order chi connectivity index (χ1) is 11.2. The van der Waals surface area contributed by atoms with E-state index < -0.39 is 11.5 Å². The third-order valence-corrected chi connectivity index (χ3v) is 3.76. The lowest BCUT2D eigenvalue weighted by Gasteiger charge is -2.07. The molecule has 0 atom stereocenters. The molecule has 2 heterocycles. The van der Waals surface area contributed by atoms with E-state index in [1.165, 1.54) is 11.8 Å². The molecule has 7 nitrogen and oxygen atoms in total. The van der Waals surface area contributed by atoms with E-state index in [2.05, 4.69) is 15.1 Å². The van der Waals surface area contributed by atoms with Crippen LogP contribution in [0.2, 0.25) is 0 Å². The predicted octanol–water partition coefficient (Wildman–Crippen LogP) is 1.98. The predicted molar refractivity (Wildman–Crippen MR) is 86.8 cm³/mol.